The monoisotopic (exact) mass is 260 g/mol. The predicted octanol–water partition coefficient (Wildman–Crippen LogP) is 1.31. The van der Waals surface area contributed by atoms with Crippen molar-refractivity contribution < 1.29 is 9.90 Å². The number of fused-ring (bicyclic) bond motifs is 1. The van der Waals surface area contributed by atoms with E-state index in [1.54, 1.807) is 10.9 Å². The van der Waals surface area contributed by atoms with E-state index in [-0.39, 0.29) is 5.92 Å². The summed E-state index contributed by atoms with van der Waals surface area (Å²) in [5.41, 5.74) is 3.97. The smallest absolute Gasteiger partial charge is 0.306 e. The lowest BCUT2D eigenvalue weighted by Gasteiger charge is -2.16. The molecule has 0 fully saturated rings. The molecule has 1 atom stereocenters. The molecule has 2 aromatic rings. The minimum absolute atomic E-state index is 0.296. The average Bonchev–Trinajstić information content (AvgIpc) is 2.93. The molecule has 6 nitrogen and oxygen atoms in total. The second kappa shape index (κ2) is 4.22. The third-order valence-corrected chi connectivity index (χ3v) is 3.88. The number of carboxylic acid groups (broad SMARTS) is 1. The van der Waals surface area contributed by atoms with Gasteiger partial charge in [-0.05, 0) is 19.8 Å². The summed E-state index contributed by atoms with van der Waals surface area (Å²) < 4.78 is 1.80. The molecule has 0 aliphatic heterocycles. The molecule has 2 aromatic heterocycles. The molecule has 0 bridgehead atoms. The number of imidazole rings is 1. The van der Waals surface area contributed by atoms with Crippen LogP contribution in [0.1, 0.15) is 23.5 Å². The Kier molecular flexibility index (Phi) is 2.66. The molecule has 19 heavy (non-hydrogen) atoms. The summed E-state index contributed by atoms with van der Waals surface area (Å²) in [5.74, 6) is -0.225. The highest BCUT2D eigenvalue weighted by Crippen LogP contribution is 2.28. The zero-order valence-corrected chi connectivity index (χ0v) is 11.0. The van der Waals surface area contributed by atoms with E-state index in [1.165, 1.54) is 0 Å². The minimum atomic E-state index is -0.723. The summed E-state index contributed by atoms with van der Waals surface area (Å²) in [7, 11) is 1.89. The van der Waals surface area contributed by atoms with Crippen LogP contribution in [0, 0.1) is 12.8 Å². The lowest BCUT2D eigenvalue weighted by atomic mass is 9.90. The van der Waals surface area contributed by atoms with E-state index in [9.17, 15) is 4.79 Å². The number of carboxylic acids is 1. The molecule has 2 N–H and O–H groups in total. The Morgan fingerprint density at radius 3 is 3.00 bits per heavy atom. The fraction of sp³-hybridized carbons (Fsp3) is 0.462. The number of rotatable bonds is 2. The molecule has 0 aromatic carbocycles. The van der Waals surface area contributed by atoms with Gasteiger partial charge in [-0.2, -0.15) is 5.10 Å². The maximum atomic E-state index is 11.1. The highest BCUT2D eigenvalue weighted by molar-refractivity contribution is 5.71. The minimum Gasteiger partial charge on any atom is -0.481 e. The number of hydrogen-bond donors (Lipinski definition) is 2. The maximum Gasteiger partial charge on any atom is 0.306 e. The molecule has 2 heterocycles. The molecule has 0 radical (unpaired) electrons. The van der Waals surface area contributed by atoms with Crippen molar-refractivity contribution in [2.45, 2.75) is 26.2 Å². The summed E-state index contributed by atoms with van der Waals surface area (Å²) in [6.07, 6.45) is 3.71. The van der Waals surface area contributed by atoms with E-state index in [4.69, 9.17) is 5.11 Å². The van der Waals surface area contributed by atoms with Gasteiger partial charge in [0, 0.05) is 24.9 Å². The van der Waals surface area contributed by atoms with Gasteiger partial charge in [0.25, 0.3) is 0 Å². The number of nitrogens with zero attached hydrogens (tertiary/aromatic N) is 3. The Morgan fingerprint density at radius 1 is 1.58 bits per heavy atom. The lowest BCUT2D eigenvalue weighted by molar-refractivity contribution is -0.142. The highest BCUT2D eigenvalue weighted by atomic mass is 16.4. The Hall–Kier alpha value is -2.11. The topological polar surface area (TPSA) is 83.8 Å². The Morgan fingerprint density at radius 2 is 2.37 bits per heavy atom. The number of nitrogens with one attached hydrogen (secondary N) is 1. The molecule has 0 spiro atoms. The van der Waals surface area contributed by atoms with Gasteiger partial charge in [-0.25, -0.2) is 4.98 Å². The van der Waals surface area contributed by atoms with Crippen LogP contribution in [0.5, 0.6) is 0 Å². The van der Waals surface area contributed by atoms with Crippen LogP contribution in [0.2, 0.25) is 0 Å². The molecule has 0 saturated heterocycles. The van der Waals surface area contributed by atoms with Gasteiger partial charge in [-0.3, -0.25) is 9.48 Å². The first kappa shape index (κ1) is 12.0. The quantitative estimate of drug-likeness (QED) is 0.852. The zero-order chi connectivity index (χ0) is 13.6. The van der Waals surface area contributed by atoms with Crippen LogP contribution in [0.4, 0.5) is 0 Å². The molecular weight excluding hydrogens is 244 g/mol. The fourth-order valence-corrected chi connectivity index (χ4v) is 2.55. The van der Waals surface area contributed by atoms with E-state index in [0.29, 0.717) is 12.8 Å². The van der Waals surface area contributed by atoms with Crippen molar-refractivity contribution in [2.75, 3.05) is 0 Å². The summed E-state index contributed by atoms with van der Waals surface area (Å²) in [5, 5.41) is 13.3. The molecule has 0 saturated carbocycles. The second-order valence-electron chi connectivity index (χ2n) is 5.06. The van der Waals surface area contributed by atoms with Gasteiger partial charge < -0.3 is 10.1 Å². The van der Waals surface area contributed by atoms with Crippen LogP contribution in [0.3, 0.4) is 0 Å². The van der Waals surface area contributed by atoms with Crippen molar-refractivity contribution in [2.24, 2.45) is 13.0 Å². The molecule has 1 aliphatic carbocycles. The first-order valence-electron chi connectivity index (χ1n) is 6.35. The normalized spacial score (nSPS) is 18.3. The number of aryl methyl sites for hydroxylation is 2. The van der Waals surface area contributed by atoms with E-state index >= 15 is 0 Å². The Bertz CT molecular complexity index is 641. The first-order chi connectivity index (χ1) is 9.06. The van der Waals surface area contributed by atoms with Gasteiger partial charge in [-0.15, -0.1) is 0 Å². The highest BCUT2D eigenvalue weighted by Gasteiger charge is 2.27. The van der Waals surface area contributed by atoms with Crippen LogP contribution in [0.25, 0.3) is 11.4 Å². The van der Waals surface area contributed by atoms with Crippen LogP contribution in [0.15, 0.2) is 6.20 Å². The number of aromatic amines is 1. The summed E-state index contributed by atoms with van der Waals surface area (Å²) in [6.45, 7) is 1.99. The largest absolute Gasteiger partial charge is 0.481 e. The van der Waals surface area contributed by atoms with Gasteiger partial charge in [0.05, 0.1) is 23.4 Å². The predicted molar refractivity (Wildman–Crippen MR) is 68.7 cm³/mol. The van der Waals surface area contributed by atoms with Crippen molar-refractivity contribution >= 4 is 5.97 Å². The summed E-state index contributed by atoms with van der Waals surface area (Å²) in [6, 6.07) is 0. The second-order valence-corrected chi connectivity index (χ2v) is 5.06. The van der Waals surface area contributed by atoms with Crippen molar-refractivity contribution in [1.29, 1.82) is 0 Å². The van der Waals surface area contributed by atoms with Gasteiger partial charge in [0.1, 0.15) is 5.82 Å². The fourth-order valence-electron chi connectivity index (χ4n) is 2.55. The average molecular weight is 260 g/mol. The number of aliphatic carboxylic acids is 1. The van der Waals surface area contributed by atoms with Gasteiger partial charge in [0.2, 0.25) is 0 Å². The van der Waals surface area contributed by atoms with Crippen LogP contribution >= 0.6 is 0 Å². The lowest BCUT2D eigenvalue weighted by Crippen LogP contribution is -2.22. The molecule has 100 valence electrons. The van der Waals surface area contributed by atoms with E-state index < -0.39 is 5.97 Å². The number of H-pyrrole nitrogens is 1. The number of aromatic nitrogens is 4. The van der Waals surface area contributed by atoms with Crippen molar-refractivity contribution in [3.63, 3.8) is 0 Å². The van der Waals surface area contributed by atoms with Crippen LogP contribution in [-0.2, 0) is 24.7 Å². The third kappa shape index (κ3) is 1.93. The SMILES string of the molecule is Cc1c(-c2nc3c([nH]2)CC(C(=O)O)CC3)cnn1C. The van der Waals surface area contributed by atoms with Gasteiger partial charge in [-0.1, -0.05) is 0 Å². The molecule has 6 heteroatoms. The van der Waals surface area contributed by atoms with Gasteiger partial charge >= 0.3 is 5.97 Å². The van der Waals surface area contributed by atoms with Crippen molar-refractivity contribution in [3.8, 4) is 11.4 Å². The van der Waals surface area contributed by atoms with E-state index in [2.05, 4.69) is 15.1 Å². The Balaban J connectivity index is 1.96. The molecule has 0 amide bonds. The zero-order valence-electron chi connectivity index (χ0n) is 11.0. The van der Waals surface area contributed by atoms with Gasteiger partial charge in [0.15, 0.2) is 0 Å². The number of carbonyl (C=O) groups is 1. The summed E-state index contributed by atoms with van der Waals surface area (Å²) in [4.78, 5) is 18.9. The first-order valence-corrected chi connectivity index (χ1v) is 6.35. The molecule has 1 unspecified atom stereocenters. The molecule has 3 rings (SSSR count). The van der Waals surface area contributed by atoms with Crippen molar-refractivity contribution in [1.82, 2.24) is 19.7 Å². The number of hydrogen-bond acceptors (Lipinski definition) is 3. The van der Waals surface area contributed by atoms with Crippen LogP contribution < -0.4 is 0 Å². The maximum absolute atomic E-state index is 11.1. The summed E-state index contributed by atoms with van der Waals surface area (Å²) >= 11 is 0. The molecular formula is C13H16N4O2. The standard InChI is InChI=1S/C13H16N4O2/c1-7-9(6-14-17(7)2)12-15-10-4-3-8(13(18)19)5-11(10)16-12/h6,8H,3-5H2,1-2H3,(H,15,16)(H,18,19). The van der Waals surface area contributed by atoms with Crippen LogP contribution in [-0.4, -0.2) is 30.8 Å². The van der Waals surface area contributed by atoms with E-state index in [1.807, 2.05) is 14.0 Å². The Labute approximate surface area is 110 Å². The van der Waals surface area contributed by atoms with Crippen molar-refractivity contribution in [3.05, 3.63) is 23.3 Å². The molecule has 1 aliphatic rings. The van der Waals surface area contributed by atoms with E-state index in [0.717, 1.165) is 34.9 Å². The third-order valence-electron chi connectivity index (χ3n) is 3.88.